The van der Waals surface area contributed by atoms with Crippen LogP contribution in [0.2, 0.25) is 0 Å². The van der Waals surface area contributed by atoms with Crippen LogP contribution in [0.3, 0.4) is 0 Å². The van der Waals surface area contributed by atoms with Crippen molar-refractivity contribution in [2.45, 2.75) is 31.3 Å². The highest BCUT2D eigenvalue weighted by molar-refractivity contribution is 14.1. The number of hydrogen-bond donors (Lipinski definition) is 5. The molecule has 0 aromatic heterocycles. The molecule has 0 radical (unpaired) electrons. The lowest BCUT2D eigenvalue weighted by atomic mass is 10.1. The molecule has 10 heteroatoms. The van der Waals surface area contributed by atoms with E-state index in [1.165, 1.54) is 0 Å². The summed E-state index contributed by atoms with van der Waals surface area (Å²) in [6.45, 7) is 0.195. The summed E-state index contributed by atoms with van der Waals surface area (Å²) in [6, 6.07) is 4.23. The first kappa shape index (κ1) is 23.4. The average molecular weight is 501 g/mol. The number of terminal acetylenes is 1. The molecule has 9 nitrogen and oxygen atoms in total. The van der Waals surface area contributed by atoms with Crippen molar-refractivity contribution in [3.05, 3.63) is 27.8 Å². The molecule has 0 aliphatic carbocycles. The maximum Gasteiger partial charge on any atom is 0.305 e. The number of benzene rings is 1. The second-order valence-corrected chi connectivity index (χ2v) is 6.96. The summed E-state index contributed by atoms with van der Waals surface area (Å²) < 4.78 is 0.945. The van der Waals surface area contributed by atoms with Crippen molar-refractivity contribution in [2.75, 3.05) is 11.9 Å². The molecule has 2 amide bonds. The topological polar surface area (TPSA) is 145 Å². The van der Waals surface area contributed by atoms with E-state index in [4.69, 9.17) is 16.6 Å². The first-order valence-electron chi connectivity index (χ1n) is 8.20. The van der Waals surface area contributed by atoms with E-state index in [1.54, 1.807) is 24.3 Å². The Balaban J connectivity index is 2.85. The molecule has 0 heterocycles. The number of nitrogens with one attached hydrogen (secondary N) is 3. The van der Waals surface area contributed by atoms with Crippen LogP contribution >= 0.6 is 22.6 Å². The van der Waals surface area contributed by atoms with Crippen LogP contribution in [0.25, 0.3) is 0 Å². The van der Waals surface area contributed by atoms with Crippen molar-refractivity contribution in [3.63, 3.8) is 0 Å². The smallest absolute Gasteiger partial charge is 0.305 e. The standard InChI is InChI=1S/C18H20IN3O6/c1-2-3-8-20-13(9-15(23)24)17(27)22-14(10-16(25)26)18(28)21-12-6-4-11(19)5-7-12/h1,4-7,13-14,20H,3,8-10H2,(H,21,28)(H,22,27)(H,23,24)(H,25,26). The number of carbonyl (C=O) groups is 4. The van der Waals surface area contributed by atoms with E-state index in [1.807, 2.05) is 0 Å². The van der Waals surface area contributed by atoms with E-state index >= 15 is 0 Å². The van der Waals surface area contributed by atoms with Gasteiger partial charge in [0.15, 0.2) is 0 Å². The maximum absolute atomic E-state index is 12.4. The third-order valence-corrected chi connectivity index (χ3v) is 4.20. The highest BCUT2D eigenvalue weighted by Gasteiger charge is 2.28. The zero-order valence-electron chi connectivity index (χ0n) is 14.8. The van der Waals surface area contributed by atoms with Crippen LogP contribution in [0, 0.1) is 15.9 Å². The number of carboxylic acid groups (broad SMARTS) is 2. The van der Waals surface area contributed by atoms with Crippen LogP contribution < -0.4 is 16.0 Å². The van der Waals surface area contributed by atoms with Gasteiger partial charge in [-0.1, -0.05) is 0 Å². The number of anilines is 1. The summed E-state index contributed by atoms with van der Waals surface area (Å²) >= 11 is 2.09. The number of aliphatic carboxylic acids is 2. The highest BCUT2D eigenvalue weighted by atomic mass is 127. The summed E-state index contributed by atoms with van der Waals surface area (Å²) in [6.07, 6.45) is 4.19. The number of halogens is 1. The third-order valence-electron chi connectivity index (χ3n) is 3.48. The van der Waals surface area contributed by atoms with Gasteiger partial charge in [-0.3, -0.25) is 19.2 Å². The number of amides is 2. The fraction of sp³-hybridized carbons (Fsp3) is 0.333. The lowest BCUT2D eigenvalue weighted by Crippen LogP contribution is -2.52. The molecule has 0 fully saturated rings. The molecule has 0 saturated carbocycles. The Hall–Kier alpha value is -2.65. The molecule has 0 aliphatic heterocycles. The van der Waals surface area contributed by atoms with E-state index in [2.05, 4.69) is 44.5 Å². The molecular formula is C18H20IN3O6. The Labute approximate surface area is 175 Å². The number of carboxylic acids is 2. The largest absolute Gasteiger partial charge is 0.481 e. The van der Waals surface area contributed by atoms with Gasteiger partial charge in [0.25, 0.3) is 0 Å². The van der Waals surface area contributed by atoms with Crippen LogP contribution in [-0.4, -0.2) is 52.6 Å². The predicted molar refractivity (Wildman–Crippen MR) is 109 cm³/mol. The summed E-state index contributed by atoms with van der Waals surface area (Å²) in [7, 11) is 0. The molecule has 1 aromatic rings. The monoisotopic (exact) mass is 501 g/mol. The van der Waals surface area contributed by atoms with E-state index in [0.717, 1.165) is 3.57 Å². The normalized spacial score (nSPS) is 12.3. The summed E-state index contributed by atoms with van der Waals surface area (Å²) in [5.74, 6) is -1.71. The summed E-state index contributed by atoms with van der Waals surface area (Å²) in [5.41, 5.74) is 0.435. The van der Waals surface area contributed by atoms with Gasteiger partial charge in [0, 0.05) is 22.2 Å². The molecule has 2 unspecified atom stereocenters. The van der Waals surface area contributed by atoms with Crippen LogP contribution in [0.1, 0.15) is 19.3 Å². The van der Waals surface area contributed by atoms with Crippen LogP contribution in [-0.2, 0) is 19.2 Å². The van der Waals surface area contributed by atoms with Gasteiger partial charge < -0.3 is 26.2 Å². The van der Waals surface area contributed by atoms with Crippen LogP contribution in [0.5, 0.6) is 0 Å². The molecule has 0 saturated heterocycles. The quantitative estimate of drug-likeness (QED) is 0.170. The van der Waals surface area contributed by atoms with Crippen molar-refractivity contribution >= 4 is 52.0 Å². The molecule has 5 N–H and O–H groups in total. The fourth-order valence-electron chi connectivity index (χ4n) is 2.17. The number of hydrogen-bond acceptors (Lipinski definition) is 5. The lowest BCUT2D eigenvalue weighted by molar-refractivity contribution is -0.142. The molecule has 0 bridgehead atoms. The minimum absolute atomic E-state index is 0.195. The van der Waals surface area contributed by atoms with Gasteiger partial charge in [0.05, 0.1) is 18.9 Å². The van der Waals surface area contributed by atoms with Crippen LogP contribution in [0.4, 0.5) is 5.69 Å². The molecular weight excluding hydrogens is 481 g/mol. The van der Waals surface area contributed by atoms with E-state index in [0.29, 0.717) is 5.69 Å². The van der Waals surface area contributed by atoms with Gasteiger partial charge in [-0.15, -0.1) is 12.3 Å². The van der Waals surface area contributed by atoms with Crippen molar-refractivity contribution in [2.24, 2.45) is 0 Å². The summed E-state index contributed by atoms with van der Waals surface area (Å²) in [5, 5.41) is 25.5. The van der Waals surface area contributed by atoms with E-state index < -0.39 is 48.7 Å². The Morgan fingerprint density at radius 3 is 2.11 bits per heavy atom. The Kier molecular flexibility index (Phi) is 9.97. The first-order chi connectivity index (χ1) is 13.2. The Morgan fingerprint density at radius 1 is 1.00 bits per heavy atom. The van der Waals surface area contributed by atoms with Crippen LogP contribution in [0.15, 0.2) is 24.3 Å². The van der Waals surface area contributed by atoms with E-state index in [9.17, 15) is 19.2 Å². The van der Waals surface area contributed by atoms with Crippen molar-refractivity contribution < 1.29 is 29.4 Å². The average Bonchev–Trinajstić information content (AvgIpc) is 2.61. The highest BCUT2D eigenvalue weighted by Crippen LogP contribution is 2.12. The third kappa shape index (κ3) is 8.83. The van der Waals surface area contributed by atoms with Gasteiger partial charge in [0.1, 0.15) is 6.04 Å². The van der Waals surface area contributed by atoms with Gasteiger partial charge in [-0.2, -0.15) is 0 Å². The minimum atomic E-state index is -1.38. The Morgan fingerprint density at radius 2 is 1.57 bits per heavy atom. The van der Waals surface area contributed by atoms with Crippen molar-refractivity contribution in [1.29, 1.82) is 0 Å². The van der Waals surface area contributed by atoms with Crippen molar-refractivity contribution in [1.82, 2.24) is 10.6 Å². The first-order valence-corrected chi connectivity index (χ1v) is 9.28. The Bertz CT molecular complexity index is 760. The van der Waals surface area contributed by atoms with Gasteiger partial charge >= 0.3 is 11.9 Å². The minimum Gasteiger partial charge on any atom is -0.481 e. The zero-order chi connectivity index (χ0) is 21.1. The molecule has 1 rings (SSSR count). The number of carbonyl (C=O) groups excluding carboxylic acids is 2. The molecule has 2 atom stereocenters. The second-order valence-electron chi connectivity index (χ2n) is 5.71. The fourth-order valence-corrected chi connectivity index (χ4v) is 2.53. The molecule has 28 heavy (non-hydrogen) atoms. The molecule has 1 aromatic carbocycles. The van der Waals surface area contributed by atoms with Gasteiger partial charge in [0.2, 0.25) is 11.8 Å². The SMILES string of the molecule is C#CCCNC(CC(=O)O)C(=O)NC(CC(=O)O)C(=O)Nc1ccc(I)cc1. The zero-order valence-corrected chi connectivity index (χ0v) is 16.9. The molecule has 0 spiro atoms. The number of rotatable bonds is 11. The molecule has 150 valence electrons. The molecule has 0 aliphatic rings. The van der Waals surface area contributed by atoms with Gasteiger partial charge in [-0.05, 0) is 46.9 Å². The second kappa shape index (κ2) is 11.9. The maximum atomic E-state index is 12.4. The lowest BCUT2D eigenvalue weighted by Gasteiger charge is -2.21. The predicted octanol–water partition coefficient (Wildman–Crippen LogP) is 0.645. The summed E-state index contributed by atoms with van der Waals surface area (Å²) in [4.78, 5) is 46.9. The van der Waals surface area contributed by atoms with E-state index in [-0.39, 0.29) is 13.0 Å². The van der Waals surface area contributed by atoms with Gasteiger partial charge in [-0.25, -0.2) is 0 Å². The van der Waals surface area contributed by atoms with Crippen molar-refractivity contribution in [3.8, 4) is 12.3 Å².